The van der Waals surface area contributed by atoms with Crippen LogP contribution in [0.2, 0.25) is 20.1 Å². The van der Waals surface area contributed by atoms with Gasteiger partial charge in [0.05, 0.1) is 46.8 Å². The molecule has 66 heavy (non-hydrogen) atoms. The zero-order valence-electron chi connectivity index (χ0n) is 33.8. The molecule has 0 saturated carbocycles. The predicted octanol–water partition coefficient (Wildman–Crippen LogP) is 8.76. The van der Waals surface area contributed by atoms with Crippen LogP contribution >= 0.6 is 77.7 Å². The molecule has 6 unspecified atom stereocenters. The summed E-state index contributed by atoms with van der Waals surface area (Å²) in [5, 5.41) is 10.4. The van der Waals surface area contributed by atoms with Gasteiger partial charge in [-0.3, -0.25) is 22.7 Å². The van der Waals surface area contributed by atoms with E-state index in [1.54, 1.807) is 0 Å². The second-order valence-electron chi connectivity index (χ2n) is 13.7. The van der Waals surface area contributed by atoms with Crippen LogP contribution in [-0.2, 0) is 64.4 Å². The van der Waals surface area contributed by atoms with Crippen molar-refractivity contribution < 1.29 is 87.6 Å². The number of carbonyl (C=O) groups excluding carboxylic acids is 1. The largest absolute Gasteiger partial charge is 0.538 e. The van der Waals surface area contributed by atoms with Gasteiger partial charge < -0.3 is 39.2 Å². The molecule has 1 saturated heterocycles. The highest BCUT2D eigenvalue weighted by atomic mass is 35.5. The van der Waals surface area contributed by atoms with Gasteiger partial charge >= 0.3 is 37.3 Å². The molecular formula is C34H31Cl4N5O19P4. The number of ether oxygens (including phenoxy) is 4. The number of esters is 1. The van der Waals surface area contributed by atoms with E-state index in [4.69, 9.17) is 97.8 Å². The molecule has 5 heterocycles. The van der Waals surface area contributed by atoms with Crippen molar-refractivity contribution in [2.75, 3.05) is 40.8 Å². The highest BCUT2D eigenvalue weighted by Gasteiger charge is 2.57. The van der Waals surface area contributed by atoms with E-state index in [0.717, 1.165) is 20.3 Å². The molecule has 1 spiro atoms. The van der Waals surface area contributed by atoms with Gasteiger partial charge in [-0.2, -0.15) is 12.9 Å². The zero-order valence-corrected chi connectivity index (χ0v) is 40.4. The summed E-state index contributed by atoms with van der Waals surface area (Å²) in [5.74, 6) is -1.39. The van der Waals surface area contributed by atoms with Gasteiger partial charge in [0.25, 0.3) is 0 Å². The summed E-state index contributed by atoms with van der Waals surface area (Å²) in [7, 11) is -18.6. The molecular weight excluding hydrogens is 1050 g/mol. The van der Waals surface area contributed by atoms with Crippen molar-refractivity contribution in [1.82, 2.24) is 19.5 Å². The number of hydrogen-bond acceptors (Lipinski definition) is 22. The molecule has 5 aromatic rings. The number of nitrogen functional groups attached to an aromatic ring is 1. The quantitative estimate of drug-likeness (QED) is 0.0614. The van der Waals surface area contributed by atoms with Crippen molar-refractivity contribution in [2.24, 2.45) is 0 Å². The SMILES string of the molecule is COc1cc2c(cc1Cl)C1(OC(=O)c3c(Cl)ccc(Cl)c31)c1cc(Cl)c(OP(=O)(OC)OP(=O)(O)OP(=O)(OC)OP(=O)(OC)OC[C@H]3O[C@@H](n4cnc5c(N)ncnc54)CC3O)cc1O2. The van der Waals surface area contributed by atoms with Gasteiger partial charge in [-0.1, -0.05) is 46.4 Å². The third kappa shape index (κ3) is 8.88. The van der Waals surface area contributed by atoms with Gasteiger partial charge in [0, 0.05) is 61.6 Å². The summed E-state index contributed by atoms with van der Waals surface area (Å²) < 4.78 is 118. The van der Waals surface area contributed by atoms with E-state index in [-0.39, 0.29) is 78.0 Å². The number of methoxy groups -OCH3 is 1. The van der Waals surface area contributed by atoms with Crippen molar-refractivity contribution in [3.05, 3.63) is 91.4 Å². The van der Waals surface area contributed by atoms with Crippen LogP contribution in [0.5, 0.6) is 23.0 Å². The number of anilines is 1. The fourth-order valence-electron chi connectivity index (χ4n) is 7.06. The minimum Gasteiger partial charge on any atom is -0.495 e. The lowest BCUT2D eigenvalue weighted by molar-refractivity contribution is -0.0431. The van der Waals surface area contributed by atoms with Crippen LogP contribution in [0.1, 0.15) is 39.7 Å². The number of benzene rings is 3. The summed E-state index contributed by atoms with van der Waals surface area (Å²) in [6, 6.07) is 7.86. The molecule has 3 aliphatic heterocycles. The lowest BCUT2D eigenvalue weighted by Crippen LogP contribution is -2.33. The lowest BCUT2D eigenvalue weighted by atomic mass is 9.77. The minimum absolute atomic E-state index is 0.00223. The molecule has 1 fully saturated rings. The van der Waals surface area contributed by atoms with Gasteiger partial charge in [0.1, 0.15) is 41.4 Å². The van der Waals surface area contributed by atoms with E-state index in [1.807, 2.05) is 0 Å². The van der Waals surface area contributed by atoms with Crippen molar-refractivity contribution in [1.29, 1.82) is 0 Å². The number of nitrogens with two attached hydrogens (primary N) is 1. The van der Waals surface area contributed by atoms with E-state index >= 15 is 0 Å². The Hall–Kier alpha value is -3.44. The molecule has 0 amide bonds. The molecule has 4 N–H and O–H groups in total. The number of carbonyl (C=O) groups is 1. The molecule has 32 heteroatoms. The van der Waals surface area contributed by atoms with Crippen LogP contribution in [0, 0.1) is 0 Å². The maximum absolute atomic E-state index is 13.9. The van der Waals surface area contributed by atoms with E-state index in [2.05, 4.69) is 23.8 Å². The molecule has 8 rings (SSSR count). The summed E-state index contributed by atoms with van der Waals surface area (Å²) in [4.78, 5) is 36.4. The monoisotopic (exact) mass is 1080 g/mol. The molecule has 24 nitrogen and oxygen atoms in total. The van der Waals surface area contributed by atoms with Crippen LogP contribution < -0.4 is 19.7 Å². The number of rotatable bonds is 16. The Labute approximate surface area is 391 Å². The number of fused-ring (bicyclic) bond motifs is 7. The fraction of sp³-hybridized carbons (Fsp3) is 0.294. The van der Waals surface area contributed by atoms with Gasteiger partial charge in [0.2, 0.25) is 0 Å². The summed E-state index contributed by atoms with van der Waals surface area (Å²) in [6.07, 6.45) is -0.816. The molecule has 0 bridgehead atoms. The Morgan fingerprint density at radius 1 is 0.833 bits per heavy atom. The second-order valence-corrected chi connectivity index (χ2v) is 22.5. The zero-order chi connectivity index (χ0) is 47.7. The number of hydrogen-bond donors (Lipinski definition) is 3. The third-order valence-corrected chi connectivity index (χ3v) is 18.3. The number of imidazole rings is 1. The normalized spacial score (nSPS) is 23.4. The molecule has 354 valence electrons. The molecule has 0 aliphatic carbocycles. The fourth-order valence-corrected chi connectivity index (χ4v) is 14.2. The number of phosphoric acid groups is 4. The number of aromatic nitrogens is 4. The van der Waals surface area contributed by atoms with Crippen molar-refractivity contribution in [2.45, 2.75) is 30.5 Å². The first-order chi connectivity index (χ1) is 31.1. The molecule has 8 atom stereocenters. The first-order valence-electron chi connectivity index (χ1n) is 18.3. The minimum atomic E-state index is -6.02. The molecule has 3 aromatic carbocycles. The van der Waals surface area contributed by atoms with Crippen molar-refractivity contribution in [3.8, 4) is 23.0 Å². The van der Waals surface area contributed by atoms with Gasteiger partial charge in [-0.25, -0.2) is 38.0 Å². The Kier molecular flexibility index (Phi) is 13.5. The number of nitrogens with zero attached hydrogens (tertiary/aromatic N) is 4. The van der Waals surface area contributed by atoms with E-state index in [1.165, 1.54) is 54.7 Å². The second kappa shape index (κ2) is 18.1. The summed E-state index contributed by atoms with van der Waals surface area (Å²) in [5.41, 5.74) is 4.69. The van der Waals surface area contributed by atoms with E-state index in [0.29, 0.717) is 7.11 Å². The van der Waals surface area contributed by atoms with Crippen LogP contribution in [-0.4, -0.2) is 82.7 Å². The average Bonchev–Trinajstić information content (AvgIpc) is 3.96. The number of aliphatic hydroxyl groups excluding tert-OH is 1. The van der Waals surface area contributed by atoms with Crippen LogP contribution in [0.25, 0.3) is 11.2 Å². The number of aliphatic hydroxyl groups is 1. The Balaban J connectivity index is 1.01. The maximum Gasteiger partial charge on any atom is 0.538 e. The molecule has 3 aliphatic rings. The maximum atomic E-state index is 13.9. The van der Waals surface area contributed by atoms with Gasteiger partial charge in [0.15, 0.2) is 22.8 Å². The standard InChI is InChI=1S/C34H31Cl4N5O19P4/c1-51-24-10-22-15(7-19(24)37)34(29-18(36)6-5-17(35)28(29)33(45)58-34)16-8-20(38)25(11-23(16)56-22)59-65(49,53-3)60-63(46,47)61-66(50,54-4)62-64(48,52-2)55-12-26-21(44)9-27(57-26)43-14-42-30-31(39)40-13-41-32(30)43/h5-8,10-11,13-14,21,26-27,44H,9,12H2,1-4H3,(H,46,47)(H2,39,40,41)/t21?,26-,27-,34?,64?,65?,66?/m1/s1. The first kappa shape index (κ1) is 49.0. The van der Waals surface area contributed by atoms with Crippen LogP contribution in [0.4, 0.5) is 5.82 Å². The van der Waals surface area contributed by atoms with Crippen molar-refractivity contribution >= 4 is 101 Å². The Bertz CT molecular complexity index is 3010. The highest BCUT2D eigenvalue weighted by Crippen LogP contribution is 2.75. The lowest BCUT2D eigenvalue weighted by Gasteiger charge is -2.37. The topological polar surface area (TPSA) is 306 Å². The van der Waals surface area contributed by atoms with E-state index < -0.39 is 78.7 Å². The average molecular weight is 1080 g/mol. The van der Waals surface area contributed by atoms with Crippen LogP contribution in [0.15, 0.2) is 49.1 Å². The van der Waals surface area contributed by atoms with Gasteiger partial charge in [-0.15, -0.1) is 0 Å². The van der Waals surface area contributed by atoms with E-state index in [9.17, 15) is 33.1 Å². The summed E-state index contributed by atoms with van der Waals surface area (Å²) >= 11 is 26.4. The third-order valence-electron chi connectivity index (χ3n) is 9.96. The summed E-state index contributed by atoms with van der Waals surface area (Å²) in [6.45, 7) is -0.745. The van der Waals surface area contributed by atoms with Gasteiger partial charge in [-0.05, 0) is 24.3 Å². The Morgan fingerprint density at radius 3 is 2.11 bits per heavy atom. The highest BCUT2D eigenvalue weighted by molar-refractivity contribution is 7.70. The first-order valence-corrected chi connectivity index (χ1v) is 25.7. The molecule has 0 radical (unpaired) electrons. The smallest absolute Gasteiger partial charge is 0.495 e. The van der Waals surface area contributed by atoms with Crippen molar-refractivity contribution in [3.63, 3.8) is 0 Å². The number of halogens is 4. The predicted molar refractivity (Wildman–Crippen MR) is 229 cm³/mol. The Morgan fingerprint density at radius 2 is 1.45 bits per heavy atom. The van der Waals surface area contributed by atoms with Crippen LogP contribution in [0.3, 0.4) is 0 Å². The number of phosphoric ester groups is 2. The molecule has 2 aromatic heterocycles.